The second kappa shape index (κ2) is 12.2. The zero-order valence-corrected chi connectivity index (χ0v) is 23.5. The molecule has 1 aliphatic carbocycles. The third kappa shape index (κ3) is 8.70. The van der Waals surface area contributed by atoms with Gasteiger partial charge in [-0.05, 0) is 45.4 Å². The SMILES string of the molecule is CC1(C)C/C=C/COCC2(CN(C(=O)OC(C)(C)C)CCO2)C(=O)NC2(CCCCCC2)CNC(=O)C1. The second-order valence-electron chi connectivity index (χ2n) is 12.7. The Morgan fingerprint density at radius 2 is 1.78 bits per heavy atom. The van der Waals surface area contributed by atoms with Gasteiger partial charge in [0.25, 0.3) is 5.91 Å². The van der Waals surface area contributed by atoms with Gasteiger partial charge in [0.05, 0.1) is 31.9 Å². The van der Waals surface area contributed by atoms with Crippen molar-refractivity contribution in [3.63, 3.8) is 0 Å². The predicted octanol–water partition coefficient (Wildman–Crippen LogP) is 3.71. The number of nitrogens with zero attached hydrogens (tertiary/aromatic N) is 1. The van der Waals surface area contributed by atoms with Crippen molar-refractivity contribution in [3.8, 4) is 0 Å². The lowest BCUT2D eigenvalue weighted by molar-refractivity contribution is -0.172. The standard InChI is InChI=1S/C28H47N3O6/c1-25(2,3)37-24(34)31-15-17-36-28(20-31)21-35-16-11-10-12-26(4,5)18-22(32)29-19-27(30-23(28)33)13-8-6-7-9-14-27/h10-11H,6-9,12-21H2,1-5H3,(H,29,32)(H,30,33)/b11-10+. The number of hydrogen-bond donors (Lipinski definition) is 2. The van der Waals surface area contributed by atoms with Crippen LogP contribution in [0.5, 0.6) is 0 Å². The Balaban J connectivity index is 1.89. The molecule has 2 aliphatic heterocycles. The number of nitrogens with one attached hydrogen (secondary N) is 2. The summed E-state index contributed by atoms with van der Waals surface area (Å²) >= 11 is 0. The van der Waals surface area contributed by atoms with Crippen LogP contribution in [0.3, 0.4) is 0 Å². The van der Waals surface area contributed by atoms with Gasteiger partial charge in [-0.25, -0.2) is 4.79 Å². The van der Waals surface area contributed by atoms with E-state index >= 15 is 0 Å². The van der Waals surface area contributed by atoms with E-state index in [1.54, 1.807) is 0 Å². The van der Waals surface area contributed by atoms with Gasteiger partial charge in [0.15, 0.2) is 5.60 Å². The number of allylic oxidation sites excluding steroid dienone is 1. The Labute approximate surface area is 222 Å². The van der Waals surface area contributed by atoms with Crippen molar-refractivity contribution in [2.75, 3.05) is 39.5 Å². The fourth-order valence-corrected chi connectivity index (χ4v) is 5.26. The molecule has 1 atom stereocenters. The highest BCUT2D eigenvalue weighted by atomic mass is 16.6. The van der Waals surface area contributed by atoms with Crippen LogP contribution in [0.25, 0.3) is 0 Å². The molecular formula is C28H47N3O6. The van der Waals surface area contributed by atoms with Gasteiger partial charge in [-0.2, -0.15) is 0 Å². The lowest BCUT2D eigenvalue weighted by atomic mass is 9.84. The number of rotatable bonds is 0. The number of carbonyl (C=O) groups is 3. The summed E-state index contributed by atoms with van der Waals surface area (Å²) in [5.74, 6) is -0.321. The van der Waals surface area contributed by atoms with Crippen LogP contribution in [0.15, 0.2) is 12.2 Å². The van der Waals surface area contributed by atoms with Gasteiger partial charge in [0, 0.05) is 19.5 Å². The Hall–Kier alpha value is -2.13. The molecule has 2 spiro atoms. The van der Waals surface area contributed by atoms with Crippen LogP contribution < -0.4 is 10.6 Å². The maximum Gasteiger partial charge on any atom is 0.410 e. The van der Waals surface area contributed by atoms with E-state index in [0.717, 1.165) is 44.9 Å². The lowest BCUT2D eigenvalue weighted by Gasteiger charge is -2.44. The predicted molar refractivity (Wildman–Crippen MR) is 141 cm³/mol. The van der Waals surface area contributed by atoms with E-state index < -0.39 is 22.8 Å². The van der Waals surface area contributed by atoms with E-state index in [1.807, 2.05) is 32.9 Å². The minimum absolute atomic E-state index is 0.00824. The quantitative estimate of drug-likeness (QED) is 0.471. The van der Waals surface area contributed by atoms with Crippen molar-refractivity contribution < 1.29 is 28.6 Å². The van der Waals surface area contributed by atoms with Crippen LogP contribution in [-0.4, -0.2) is 79.0 Å². The number of amides is 3. The van der Waals surface area contributed by atoms with E-state index in [2.05, 4.69) is 24.5 Å². The maximum atomic E-state index is 14.0. The van der Waals surface area contributed by atoms with E-state index in [0.29, 0.717) is 26.1 Å². The lowest BCUT2D eigenvalue weighted by Crippen LogP contribution is -2.67. The van der Waals surface area contributed by atoms with Crippen molar-refractivity contribution in [2.24, 2.45) is 5.41 Å². The van der Waals surface area contributed by atoms with E-state index in [9.17, 15) is 14.4 Å². The van der Waals surface area contributed by atoms with Gasteiger partial charge in [0.2, 0.25) is 5.91 Å². The fourth-order valence-electron chi connectivity index (χ4n) is 5.26. The summed E-state index contributed by atoms with van der Waals surface area (Å²) in [5, 5.41) is 6.42. The molecule has 210 valence electrons. The van der Waals surface area contributed by atoms with Gasteiger partial charge in [0.1, 0.15) is 5.60 Å². The Bertz CT molecular complexity index is 841. The van der Waals surface area contributed by atoms with Gasteiger partial charge >= 0.3 is 6.09 Å². The molecule has 1 saturated heterocycles. The zero-order valence-electron chi connectivity index (χ0n) is 23.5. The molecule has 0 aromatic rings. The second-order valence-corrected chi connectivity index (χ2v) is 12.7. The largest absolute Gasteiger partial charge is 0.444 e. The molecule has 1 saturated carbocycles. The first kappa shape index (κ1) is 29.4. The summed E-state index contributed by atoms with van der Waals surface area (Å²) in [6.45, 7) is 10.9. The summed E-state index contributed by atoms with van der Waals surface area (Å²) in [6, 6.07) is 0. The number of morpholine rings is 1. The Kier molecular flexibility index (Phi) is 9.67. The number of carbonyl (C=O) groups excluding carboxylic acids is 3. The molecule has 2 N–H and O–H groups in total. The molecule has 37 heavy (non-hydrogen) atoms. The van der Waals surface area contributed by atoms with E-state index in [4.69, 9.17) is 14.2 Å². The Morgan fingerprint density at radius 3 is 2.46 bits per heavy atom. The van der Waals surface area contributed by atoms with Gasteiger partial charge < -0.3 is 29.7 Å². The average Bonchev–Trinajstić information content (AvgIpc) is 3.04. The summed E-state index contributed by atoms with van der Waals surface area (Å²) in [4.78, 5) is 41.4. The zero-order chi connectivity index (χ0) is 27.2. The highest BCUT2D eigenvalue weighted by molar-refractivity contribution is 5.87. The maximum absolute atomic E-state index is 14.0. The summed E-state index contributed by atoms with van der Waals surface area (Å²) in [5.41, 5.74) is -2.78. The molecule has 2 fully saturated rings. The van der Waals surface area contributed by atoms with Crippen molar-refractivity contribution in [3.05, 3.63) is 12.2 Å². The Morgan fingerprint density at radius 1 is 1.08 bits per heavy atom. The van der Waals surface area contributed by atoms with Crippen LogP contribution in [0.4, 0.5) is 4.79 Å². The van der Waals surface area contributed by atoms with Crippen LogP contribution in [0.1, 0.15) is 86.0 Å². The third-order valence-corrected chi connectivity index (χ3v) is 7.34. The molecule has 9 nitrogen and oxygen atoms in total. The fraction of sp³-hybridized carbons (Fsp3) is 0.821. The normalized spacial score (nSPS) is 28.8. The molecule has 0 aromatic carbocycles. The van der Waals surface area contributed by atoms with E-state index in [1.165, 1.54) is 4.90 Å². The highest BCUT2D eigenvalue weighted by Crippen LogP contribution is 2.30. The average molecular weight is 522 g/mol. The summed E-state index contributed by atoms with van der Waals surface area (Å²) < 4.78 is 17.7. The van der Waals surface area contributed by atoms with Gasteiger partial charge in [-0.1, -0.05) is 51.7 Å². The first-order valence-corrected chi connectivity index (χ1v) is 13.8. The number of ether oxygens (including phenoxy) is 3. The van der Waals surface area contributed by atoms with Crippen LogP contribution in [-0.2, 0) is 23.8 Å². The summed E-state index contributed by atoms with van der Waals surface area (Å²) in [6.07, 6.45) is 10.3. The topological polar surface area (TPSA) is 106 Å². The summed E-state index contributed by atoms with van der Waals surface area (Å²) in [7, 11) is 0. The minimum atomic E-state index is -1.37. The molecule has 2 heterocycles. The van der Waals surface area contributed by atoms with Gasteiger partial charge in [-0.3, -0.25) is 9.59 Å². The van der Waals surface area contributed by atoms with Crippen LogP contribution >= 0.6 is 0 Å². The van der Waals surface area contributed by atoms with Crippen molar-refractivity contribution in [1.29, 1.82) is 0 Å². The van der Waals surface area contributed by atoms with Crippen molar-refractivity contribution in [1.82, 2.24) is 15.5 Å². The molecule has 0 radical (unpaired) electrons. The molecular weight excluding hydrogens is 474 g/mol. The first-order chi connectivity index (χ1) is 17.3. The molecule has 3 aliphatic rings. The molecule has 3 amide bonds. The van der Waals surface area contributed by atoms with Crippen molar-refractivity contribution in [2.45, 2.75) is 103 Å². The van der Waals surface area contributed by atoms with Crippen molar-refractivity contribution >= 4 is 17.9 Å². The number of hydrogen-bond acceptors (Lipinski definition) is 6. The van der Waals surface area contributed by atoms with Gasteiger partial charge in [-0.15, -0.1) is 0 Å². The smallest absolute Gasteiger partial charge is 0.410 e. The molecule has 0 bridgehead atoms. The first-order valence-electron chi connectivity index (χ1n) is 13.8. The monoisotopic (exact) mass is 521 g/mol. The molecule has 3 rings (SSSR count). The minimum Gasteiger partial charge on any atom is -0.444 e. The van der Waals surface area contributed by atoms with Crippen LogP contribution in [0.2, 0.25) is 0 Å². The molecule has 0 aromatic heterocycles. The highest BCUT2D eigenvalue weighted by Gasteiger charge is 2.49. The molecule has 9 heteroatoms. The third-order valence-electron chi connectivity index (χ3n) is 7.34. The van der Waals surface area contributed by atoms with E-state index in [-0.39, 0.29) is 37.0 Å². The molecule has 1 unspecified atom stereocenters. The van der Waals surface area contributed by atoms with Crippen LogP contribution in [0, 0.1) is 5.41 Å².